The van der Waals surface area contributed by atoms with Crippen molar-refractivity contribution in [2.75, 3.05) is 19.7 Å². The van der Waals surface area contributed by atoms with Crippen molar-refractivity contribution >= 4 is 11.6 Å². The first-order valence-corrected chi connectivity index (χ1v) is 7.61. The van der Waals surface area contributed by atoms with Gasteiger partial charge < -0.3 is 14.8 Å². The Bertz CT molecular complexity index is 419. The molecule has 1 aliphatic heterocycles. The smallest absolute Gasteiger partial charge is 0.163 e. The Labute approximate surface area is 126 Å². The largest absolute Gasteiger partial charge is 0.349 e. The number of benzene rings is 1. The van der Waals surface area contributed by atoms with Gasteiger partial charge in [-0.25, -0.2) is 0 Å². The topological polar surface area (TPSA) is 30.5 Å². The summed E-state index contributed by atoms with van der Waals surface area (Å²) >= 11 is 5.92. The summed E-state index contributed by atoms with van der Waals surface area (Å²) < 4.78 is 11.8. The Morgan fingerprint density at radius 2 is 2.00 bits per heavy atom. The van der Waals surface area contributed by atoms with Crippen LogP contribution in [0, 0.1) is 5.41 Å². The number of hydrogen-bond acceptors (Lipinski definition) is 3. The summed E-state index contributed by atoms with van der Waals surface area (Å²) in [7, 11) is 0. The quantitative estimate of drug-likeness (QED) is 0.874. The maximum absolute atomic E-state index is 6.01. The zero-order chi connectivity index (χ0) is 14.6. The van der Waals surface area contributed by atoms with Crippen LogP contribution >= 0.6 is 11.6 Å². The molecule has 1 N–H and O–H groups in total. The van der Waals surface area contributed by atoms with Gasteiger partial charge in [-0.15, -0.1) is 0 Å². The van der Waals surface area contributed by atoms with Crippen molar-refractivity contribution < 1.29 is 9.47 Å². The summed E-state index contributed by atoms with van der Waals surface area (Å²) in [5, 5.41) is 4.07. The minimum Gasteiger partial charge on any atom is -0.349 e. The van der Waals surface area contributed by atoms with Crippen LogP contribution in [0.4, 0.5) is 0 Å². The zero-order valence-corrected chi connectivity index (χ0v) is 13.2. The molecule has 0 amide bonds. The lowest BCUT2D eigenvalue weighted by molar-refractivity contribution is -0.130. The lowest BCUT2D eigenvalue weighted by atomic mass is 9.85. The van der Waals surface area contributed by atoms with E-state index in [4.69, 9.17) is 21.1 Å². The molecule has 0 saturated carbocycles. The van der Waals surface area contributed by atoms with Gasteiger partial charge in [0, 0.05) is 17.0 Å². The molecule has 1 aromatic rings. The van der Waals surface area contributed by atoms with Crippen molar-refractivity contribution in [2.45, 2.75) is 39.6 Å². The van der Waals surface area contributed by atoms with Gasteiger partial charge in [0.1, 0.15) is 0 Å². The van der Waals surface area contributed by atoms with E-state index in [9.17, 15) is 0 Å². The number of ether oxygens (including phenoxy) is 2. The summed E-state index contributed by atoms with van der Waals surface area (Å²) in [6, 6.07) is 7.99. The lowest BCUT2D eigenvalue weighted by Gasteiger charge is -2.30. The van der Waals surface area contributed by atoms with Crippen LogP contribution in [-0.4, -0.2) is 32.1 Å². The van der Waals surface area contributed by atoms with Crippen molar-refractivity contribution in [3.63, 3.8) is 0 Å². The van der Waals surface area contributed by atoms with E-state index in [0.29, 0.717) is 6.61 Å². The second-order valence-corrected chi connectivity index (χ2v) is 6.46. The summed E-state index contributed by atoms with van der Waals surface area (Å²) in [5.74, 6) is 0. The summed E-state index contributed by atoms with van der Waals surface area (Å²) in [4.78, 5) is 0. The molecular formula is C16H24ClNO2. The molecule has 0 aromatic heterocycles. The minimum atomic E-state index is -0.151. The number of nitrogens with one attached hydrogen (secondary N) is 1. The molecule has 2 rings (SSSR count). The van der Waals surface area contributed by atoms with Gasteiger partial charge in [0.2, 0.25) is 0 Å². The Hall–Kier alpha value is -0.610. The van der Waals surface area contributed by atoms with Crippen LogP contribution in [0.5, 0.6) is 0 Å². The summed E-state index contributed by atoms with van der Waals surface area (Å²) in [6.07, 6.45) is 0.911. The molecule has 0 radical (unpaired) electrons. The van der Waals surface area contributed by atoms with Crippen LogP contribution in [0.1, 0.15) is 26.3 Å². The normalized spacial score (nSPS) is 23.2. The number of halogens is 1. The highest BCUT2D eigenvalue weighted by atomic mass is 35.5. The Balaban J connectivity index is 1.91. The van der Waals surface area contributed by atoms with Crippen LogP contribution in [0.2, 0.25) is 5.02 Å². The molecule has 3 nitrogen and oxygen atoms in total. The van der Waals surface area contributed by atoms with E-state index in [0.717, 1.165) is 24.5 Å². The van der Waals surface area contributed by atoms with Gasteiger partial charge in [0.05, 0.1) is 12.7 Å². The molecule has 1 saturated heterocycles. The lowest BCUT2D eigenvalue weighted by Crippen LogP contribution is -2.34. The Kier molecular flexibility index (Phi) is 5.44. The van der Waals surface area contributed by atoms with Gasteiger partial charge >= 0.3 is 0 Å². The predicted octanol–water partition coefficient (Wildman–Crippen LogP) is 3.26. The van der Waals surface area contributed by atoms with Crippen molar-refractivity contribution in [3.05, 3.63) is 34.9 Å². The molecule has 1 aliphatic rings. The molecule has 20 heavy (non-hydrogen) atoms. The minimum absolute atomic E-state index is 0.0607. The third kappa shape index (κ3) is 4.19. The third-order valence-electron chi connectivity index (χ3n) is 3.58. The van der Waals surface area contributed by atoms with Crippen LogP contribution < -0.4 is 5.32 Å². The van der Waals surface area contributed by atoms with Gasteiger partial charge in [-0.2, -0.15) is 0 Å². The van der Waals surface area contributed by atoms with Crippen LogP contribution in [0.15, 0.2) is 24.3 Å². The van der Waals surface area contributed by atoms with E-state index in [-0.39, 0.29) is 17.8 Å². The molecule has 0 spiro atoms. The number of likely N-dealkylation sites (N-methyl/N-ethyl adjacent to an activating group) is 1. The maximum Gasteiger partial charge on any atom is 0.163 e. The van der Waals surface area contributed by atoms with Gasteiger partial charge in [-0.1, -0.05) is 44.5 Å². The zero-order valence-electron chi connectivity index (χ0n) is 12.5. The first kappa shape index (κ1) is 15.8. The van der Waals surface area contributed by atoms with Gasteiger partial charge in [0.25, 0.3) is 0 Å². The highest BCUT2D eigenvalue weighted by Gasteiger charge is 2.38. The van der Waals surface area contributed by atoms with Crippen molar-refractivity contribution in [3.8, 4) is 0 Å². The van der Waals surface area contributed by atoms with E-state index in [1.807, 2.05) is 12.1 Å². The fourth-order valence-corrected chi connectivity index (χ4v) is 2.61. The molecule has 0 aliphatic carbocycles. The molecule has 4 heteroatoms. The molecule has 2 unspecified atom stereocenters. The Morgan fingerprint density at radius 3 is 2.65 bits per heavy atom. The maximum atomic E-state index is 6.01. The van der Waals surface area contributed by atoms with Crippen molar-refractivity contribution in [2.24, 2.45) is 5.41 Å². The van der Waals surface area contributed by atoms with E-state index < -0.39 is 0 Å². The Morgan fingerprint density at radius 1 is 1.30 bits per heavy atom. The van der Waals surface area contributed by atoms with E-state index >= 15 is 0 Å². The second kappa shape index (κ2) is 6.90. The van der Waals surface area contributed by atoms with Gasteiger partial charge in [-0.05, 0) is 30.7 Å². The average molecular weight is 298 g/mol. The van der Waals surface area contributed by atoms with E-state index in [1.165, 1.54) is 5.56 Å². The first-order chi connectivity index (χ1) is 9.51. The molecule has 2 atom stereocenters. The molecule has 0 bridgehead atoms. The third-order valence-corrected chi connectivity index (χ3v) is 3.83. The fraction of sp³-hybridized carbons (Fsp3) is 0.625. The van der Waals surface area contributed by atoms with E-state index in [1.54, 1.807) is 0 Å². The molecular weight excluding hydrogens is 274 g/mol. The fourth-order valence-electron chi connectivity index (χ4n) is 2.48. The number of hydrogen-bond donors (Lipinski definition) is 1. The van der Waals surface area contributed by atoms with Gasteiger partial charge in [-0.3, -0.25) is 0 Å². The molecule has 1 heterocycles. The first-order valence-electron chi connectivity index (χ1n) is 7.23. The summed E-state index contributed by atoms with van der Waals surface area (Å²) in [5.41, 5.74) is 1.19. The van der Waals surface area contributed by atoms with E-state index in [2.05, 4.69) is 38.2 Å². The standard InChI is InChI=1S/C16H24ClNO2/c1-4-18-10-14-11-19-15(20-14)16(2,3)9-12-5-7-13(17)8-6-12/h5-8,14-15,18H,4,9-11H2,1-3H3. The van der Waals surface area contributed by atoms with Crippen molar-refractivity contribution in [1.29, 1.82) is 0 Å². The molecule has 1 fully saturated rings. The van der Waals surface area contributed by atoms with Crippen LogP contribution in [-0.2, 0) is 15.9 Å². The number of rotatable bonds is 6. The van der Waals surface area contributed by atoms with Crippen LogP contribution in [0.3, 0.4) is 0 Å². The SMILES string of the molecule is CCNCC1COC(C(C)(C)Cc2ccc(Cl)cc2)O1. The van der Waals surface area contributed by atoms with Gasteiger partial charge in [0.15, 0.2) is 6.29 Å². The molecule has 112 valence electrons. The highest BCUT2D eigenvalue weighted by Crippen LogP contribution is 2.33. The predicted molar refractivity (Wildman–Crippen MR) is 82.1 cm³/mol. The average Bonchev–Trinajstić information content (AvgIpc) is 2.88. The summed E-state index contributed by atoms with van der Waals surface area (Å²) in [6.45, 7) is 8.94. The van der Waals surface area contributed by atoms with Crippen LogP contribution in [0.25, 0.3) is 0 Å². The molecule has 1 aromatic carbocycles. The monoisotopic (exact) mass is 297 g/mol. The second-order valence-electron chi connectivity index (χ2n) is 6.02. The highest BCUT2D eigenvalue weighted by molar-refractivity contribution is 6.30. The van der Waals surface area contributed by atoms with Crippen molar-refractivity contribution in [1.82, 2.24) is 5.32 Å².